The van der Waals surface area contributed by atoms with Crippen molar-refractivity contribution in [3.63, 3.8) is 0 Å². The third-order valence-corrected chi connectivity index (χ3v) is 4.01. The molecule has 0 aliphatic carbocycles. The zero-order valence-electron chi connectivity index (χ0n) is 16.8. The van der Waals surface area contributed by atoms with E-state index in [1.165, 1.54) is 7.11 Å². The molecule has 0 heterocycles. The number of rotatable bonds is 10. The van der Waals surface area contributed by atoms with Crippen LogP contribution in [-0.2, 0) is 20.5 Å². The van der Waals surface area contributed by atoms with Gasteiger partial charge in [0.25, 0.3) is 11.6 Å². The molecule has 0 aliphatic heterocycles. The van der Waals surface area contributed by atoms with Crippen LogP contribution in [0.15, 0.2) is 42.5 Å². The number of amides is 1. The molecule has 2 aromatic rings. The fraction of sp³-hybridized carbons (Fsp3) is 0.300. The van der Waals surface area contributed by atoms with E-state index in [4.69, 9.17) is 14.2 Å². The third kappa shape index (κ3) is 7.45. The van der Waals surface area contributed by atoms with Gasteiger partial charge in [-0.15, -0.1) is 0 Å². The van der Waals surface area contributed by atoms with Crippen LogP contribution in [0, 0.1) is 10.1 Å². The first-order valence-electron chi connectivity index (χ1n) is 9.18. The molecule has 0 radical (unpaired) electrons. The average molecular weight is 456 g/mol. The van der Waals surface area contributed by atoms with Gasteiger partial charge in [0.15, 0.2) is 6.61 Å². The number of halogens is 3. The van der Waals surface area contributed by atoms with Gasteiger partial charge in [-0.2, -0.15) is 13.2 Å². The molecular formula is C20H19F3N2O7. The van der Waals surface area contributed by atoms with Gasteiger partial charge in [0.1, 0.15) is 17.2 Å². The Balaban J connectivity index is 1.77. The minimum absolute atomic E-state index is 0.0517. The number of hydrogen-bond donors (Lipinski definition) is 1. The van der Waals surface area contributed by atoms with E-state index in [0.29, 0.717) is 30.1 Å². The summed E-state index contributed by atoms with van der Waals surface area (Å²) in [5, 5.41) is 13.1. The van der Waals surface area contributed by atoms with Gasteiger partial charge < -0.3 is 19.5 Å². The average Bonchev–Trinajstić information content (AvgIpc) is 2.75. The first-order valence-corrected chi connectivity index (χ1v) is 9.18. The normalized spacial score (nSPS) is 10.9. The van der Waals surface area contributed by atoms with Crippen molar-refractivity contribution in [1.29, 1.82) is 0 Å². The van der Waals surface area contributed by atoms with Gasteiger partial charge in [-0.3, -0.25) is 19.7 Å². The predicted molar refractivity (Wildman–Crippen MR) is 105 cm³/mol. The van der Waals surface area contributed by atoms with E-state index in [0.717, 1.165) is 6.07 Å². The molecule has 1 N–H and O–H groups in total. The molecule has 0 unspecified atom stereocenters. The molecule has 1 amide bonds. The highest BCUT2D eigenvalue weighted by Crippen LogP contribution is 2.34. The minimum atomic E-state index is -4.78. The summed E-state index contributed by atoms with van der Waals surface area (Å²) >= 11 is 0. The molecule has 2 rings (SSSR count). The Morgan fingerprint density at radius 1 is 1.09 bits per heavy atom. The van der Waals surface area contributed by atoms with E-state index in [2.05, 4.69) is 5.32 Å². The van der Waals surface area contributed by atoms with Crippen molar-refractivity contribution in [2.24, 2.45) is 0 Å². The highest BCUT2D eigenvalue weighted by atomic mass is 19.4. The largest absolute Gasteiger partial charge is 0.497 e. The SMILES string of the molecule is COc1ccc(OCCCC(=O)OCC(=O)Nc2ccc(C(F)(F)F)cc2[N+](=O)[O-])cc1. The number of carbonyl (C=O) groups excluding carboxylic acids is 2. The van der Waals surface area contributed by atoms with Gasteiger partial charge in [-0.1, -0.05) is 0 Å². The van der Waals surface area contributed by atoms with E-state index < -0.39 is 46.5 Å². The lowest BCUT2D eigenvalue weighted by Crippen LogP contribution is -2.21. The summed E-state index contributed by atoms with van der Waals surface area (Å²) in [5.41, 5.74) is -2.61. The fourth-order valence-electron chi connectivity index (χ4n) is 2.45. The Morgan fingerprint density at radius 3 is 2.34 bits per heavy atom. The zero-order chi connectivity index (χ0) is 23.7. The van der Waals surface area contributed by atoms with Crippen LogP contribution in [0.2, 0.25) is 0 Å². The van der Waals surface area contributed by atoms with Crippen LogP contribution in [0.5, 0.6) is 11.5 Å². The third-order valence-electron chi connectivity index (χ3n) is 4.01. The summed E-state index contributed by atoms with van der Waals surface area (Å²) in [7, 11) is 1.53. The van der Waals surface area contributed by atoms with Gasteiger partial charge in [0.2, 0.25) is 0 Å². The molecule has 0 saturated carbocycles. The first-order chi connectivity index (χ1) is 15.1. The smallest absolute Gasteiger partial charge is 0.416 e. The van der Waals surface area contributed by atoms with Crippen molar-refractivity contribution in [3.8, 4) is 11.5 Å². The van der Waals surface area contributed by atoms with Crippen LogP contribution in [0.25, 0.3) is 0 Å². The van der Waals surface area contributed by atoms with Gasteiger partial charge in [0.05, 0.1) is 24.2 Å². The number of benzene rings is 2. The molecule has 0 aromatic heterocycles. The molecule has 0 aliphatic rings. The fourth-order valence-corrected chi connectivity index (χ4v) is 2.45. The van der Waals surface area contributed by atoms with Gasteiger partial charge in [0, 0.05) is 12.5 Å². The standard InChI is InChI=1S/C20H19F3N2O7/c1-30-14-5-7-15(8-6-14)31-10-2-3-19(27)32-12-18(26)24-16-9-4-13(20(21,22)23)11-17(16)25(28)29/h4-9,11H,2-3,10,12H2,1H3,(H,24,26). The second-order valence-corrected chi connectivity index (χ2v) is 6.32. The Bertz CT molecular complexity index is 963. The van der Waals surface area contributed by atoms with Crippen molar-refractivity contribution >= 4 is 23.3 Å². The van der Waals surface area contributed by atoms with E-state index in [1.807, 2.05) is 0 Å². The summed E-state index contributed by atoms with van der Waals surface area (Å²) in [6, 6.07) is 8.48. The zero-order valence-corrected chi connectivity index (χ0v) is 16.8. The van der Waals surface area contributed by atoms with Crippen LogP contribution in [0.4, 0.5) is 24.5 Å². The lowest BCUT2D eigenvalue weighted by atomic mass is 10.1. The topological polar surface area (TPSA) is 117 Å². The lowest BCUT2D eigenvalue weighted by molar-refractivity contribution is -0.384. The maximum atomic E-state index is 12.7. The van der Waals surface area contributed by atoms with E-state index >= 15 is 0 Å². The van der Waals surface area contributed by atoms with Crippen LogP contribution < -0.4 is 14.8 Å². The number of nitrogens with zero attached hydrogens (tertiary/aromatic N) is 1. The van der Waals surface area contributed by atoms with E-state index in [9.17, 15) is 32.9 Å². The van der Waals surface area contributed by atoms with E-state index in [1.54, 1.807) is 24.3 Å². The molecule has 0 fully saturated rings. The molecule has 9 nitrogen and oxygen atoms in total. The number of methoxy groups -OCH3 is 1. The molecule has 32 heavy (non-hydrogen) atoms. The summed E-state index contributed by atoms with van der Waals surface area (Å²) < 4.78 is 53.4. The second-order valence-electron chi connectivity index (χ2n) is 6.32. The number of nitrogens with one attached hydrogen (secondary N) is 1. The Kier molecular flexibility index (Phi) is 8.38. The molecule has 172 valence electrons. The lowest BCUT2D eigenvalue weighted by Gasteiger charge is -2.10. The second kappa shape index (κ2) is 11.0. The summed E-state index contributed by atoms with van der Waals surface area (Å²) in [4.78, 5) is 33.5. The quantitative estimate of drug-likeness (QED) is 0.249. The molecular weight excluding hydrogens is 437 g/mol. The van der Waals surface area contributed by atoms with Crippen molar-refractivity contribution in [2.45, 2.75) is 19.0 Å². The number of hydrogen-bond acceptors (Lipinski definition) is 7. The molecule has 0 spiro atoms. The molecule has 2 aromatic carbocycles. The Hall–Kier alpha value is -3.83. The van der Waals surface area contributed by atoms with Crippen LogP contribution >= 0.6 is 0 Å². The number of esters is 1. The van der Waals surface area contributed by atoms with E-state index in [-0.39, 0.29) is 13.0 Å². The van der Waals surface area contributed by atoms with Crippen molar-refractivity contribution in [3.05, 3.63) is 58.1 Å². The van der Waals surface area contributed by atoms with Crippen LogP contribution in [-0.4, -0.2) is 37.1 Å². The highest BCUT2D eigenvalue weighted by molar-refractivity contribution is 5.94. The van der Waals surface area contributed by atoms with Gasteiger partial charge in [-0.25, -0.2) is 0 Å². The summed E-state index contributed by atoms with van der Waals surface area (Å²) in [5.74, 6) is -0.395. The Labute approximate surface area is 180 Å². The number of nitro groups is 1. The maximum Gasteiger partial charge on any atom is 0.416 e. The number of anilines is 1. The molecule has 0 saturated heterocycles. The van der Waals surface area contributed by atoms with Gasteiger partial charge in [-0.05, 0) is 42.8 Å². The number of alkyl halides is 3. The summed E-state index contributed by atoms with van der Waals surface area (Å²) in [6.45, 7) is -0.540. The highest BCUT2D eigenvalue weighted by Gasteiger charge is 2.33. The minimum Gasteiger partial charge on any atom is -0.497 e. The number of nitro benzene ring substituents is 1. The van der Waals surface area contributed by atoms with Crippen molar-refractivity contribution in [2.75, 3.05) is 25.6 Å². The molecule has 0 atom stereocenters. The molecule has 12 heteroatoms. The van der Waals surface area contributed by atoms with Crippen molar-refractivity contribution < 1.29 is 41.9 Å². The van der Waals surface area contributed by atoms with Crippen LogP contribution in [0.1, 0.15) is 18.4 Å². The Morgan fingerprint density at radius 2 is 1.75 bits per heavy atom. The van der Waals surface area contributed by atoms with Crippen molar-refractivity contribution in [1.82, 2.24) is 0 Å². The summed E-state index contributed by atoms with van der Waals surface area (Å²) in [6.07, 6.45) is -4.53. The first kappa shape index (κ1) is 24.4. The maximum absolute atomic E-state index is 12.7. The molecule has 0 bridgehead atoms. The van der Waals surface area contributed by atoms with Crippen LogP contribution in [0.3, 0.4) is 0 Å². The van der Waals surface area contributed by atoms with Gasteiger partial charge >= 0.3 is 12.1 Å². The monoisotopic (exact) mass is 456 g/mol. The number of carbonyl (C=O) groups is 2. The number of ether oxygens (including phenoxy) is 3. The predicted octanol–water partition coefficient (Wildman–Crippen LogP) is 3.96.